The number of carbonyl (C=O) groups is 1. The van der Waals surface area contributed by atoms with Gasteiger partial charge in [-0.05, 0) is 55.8 Å². The molecule has 1 aliphatic rings. The number of halogens is 1. The third kappa shape index (κ3) is 5.97. The molecule has 2 aromatic carbocycles. The first-order valence-electron chi connectivity index (χ1n) is 11.8. The van der Waals surface area contributed by atoms with E-state index in [1.165, 1.54) is 18.3 Å². The summed E-state index contributed by atoms with van der Waals surface area (Å²) in [6.45, 7) is 2.13. The summed E-state index contributed by atoms with van der Waals surface area (Å²) in [7, 11) is 3.44. The summed E-state index contributed by atoms with van der Waals surface area (Å²) in [5.74, 6) is -1.29. The molecular formula is C27H32FN7O. The minimum atomic E-state index is -0.665. The van der Waals surface area contributed by atoms with Gasteiger partial charge >= 0.3 is 0 Å². The van der Waals surface area contributed by atoms with E-state index >= 15 is 0 Å². The summed E-state index contributed by atoms with van der Waals surface area (Å²) in [5, 5.41) is 23.1. The van der Waals surface area contributed by atoms with Crippen LogP contribution in [0.4, 0.5) is 10.1 Å². The van der Waals surface area contributed by atoms with Gasteiger partial charge in [0, 0.05) is 66.6 Å². The number of benzene rings is 2. The van der Waals surface area contributed by atoms with E-state index in [2.05, 4.69) is 15.5 Å². The summed E-state index contributed by atoms with van der Waals surface area (Å²) in [6.07, 6.45) is 4.77. The van der Waals surface area contributed by atoms with Gasteiger partial charge in [0.2, 0.25) is 5.91 Å². The summed E-state index contributed by atoms with van der Waals surface area (Å²) in [6, 6.07) is 11.7. The number of hydrogen-bond donors (Lipinski definition) is 5. The van der Waals surface area contributed by atoms with E-state index in [1.54, 1.807) is 32.3 Å². The molecule has 0 bridgehead atoms. The Hall–Kier alpha value is -4.00. The molecule has 0 aromatic heterocycles. The van der Waals surface area contributed by atoms with Crippen molar-refractivity contribution >= 4 is 29.1 Å². The third-order valence-electron chi connectivity index (χ3n) is 6.36. The van der Waals surface area contributed by atoms with E-state index in [0.29, 0.717) is 34.5 Å². The number of hydrogen-bond acceptors (Lipinski definition) is 7. The molecule has 7 N–H and O–H groups in total. The SMILES string of the molecule is CN/C(=C(\C(=C/CN1CCC(N)CC1)C(N)=O)c1ccc(NC)c(C=N)c1)c1ccc(C#N)c(F)c1. The van der Waals surface area contributed by atoms with Crippen LogP contribution in [0.25, 0.3) is 11.3 Å². The minimum Gasteiger partial charge on any atom is -0.388 e. The molecule has 1 aliphatic heterocycles. The maximum Gasteiger partial charge on any atom is 0.249 e. The molecule has 9 heteroatoms. The summed E-state index contributed by atoms with van der Waals surface area (Å²) >= 11 is 0. The van der Waals surface area contributed by atoms with E-state index in [1.807, 2.05) is 18.2 Å². The molecule has 8 nitrogen and oxygen atoms in total. The van der Waals surface area contributed by atoms with Crippen LogP contribution in [0.3, 0.4) is 0 Å². The first-order valence-corrected chi connectivity index (χ1v) is 11.8. The van der Waals surface area contributed by atoms with Crippen LogP contribution in [-0.4, -0.2) is 56.8 Å². The lowest BCUT2D eigenvalue weighted by Gasteiger charge is -2.29. The molecule has 0 saturated carbocycles. The number of rotatable bonds is 9. The number of carbonyl (C=O) groups excluding carboxylic acids is 1. The van der Waals surface area contributed by atoms with E-state index < -0.39 is 11.7 Å². The molecular weight excluding hydrogens is 457 g/mol. The topological polar surface area (TPSA) is 144 Å². The highest BCUT2D eigenvalue weighted by atomic mass is 19.1. The molecule has 0 spiro atoms. The molecule has 188 valence electrons. The largest absolute Gasteiger partial charge is 0.388 e. The number of nitrogens with zero attached hydrogens (tertiary/aromatic N) is 2. The second-order valence-electron chi connectivity index (χ2n) is 8.62. The Kier molecular flexibility index (Phi) is 8.95. The lowest BCUT2D eigenvalue weighted by Crippen LogP contribution is -2.39. The van der Waals surface area contributed by atoms with Gasteiger partial charge in [0.15, 0.2) is 0 Å². The quantitative estimate of drug-likeness (QED) is 0.159. The van der Waals surface area contributed by atoms with Crippen molar-refractivity contribution in [3.05, 3.63) is 76.1 Å². The summed E-state index contributed by atoms with van der Waals surface area (Å²) in [4.78, 5) is 15.0. The van der Waals surface area contributed by atoms with E-state index in [4.69, 9.17) is 22.1 Å². The van der Waals surface area contributed by atoms with Crippen molar-refractivity contribution in [2.24, 2.45) is 11.5 Å². The van der Waals surface area contributed by atoms with Crippen molar-refractivity contribution in [1.82, 2.24) is 10.2 Å². The second-order valence-corrected chi connectivity index (χ2v) is 8.62. The first kappa shape index (κ1) is 26.6. The van der Waals surface area contributed by atoms with Gasteiger partial charge in [-0.15, -0.1) is 0 Å². The van der Waals surface area contributed by atoms with Crippen LogP contribution in [0, 0.1) is 22.6 Å². The molecule has 36 heavy (non-hydrogen) atoms. The van der Waals surface area contributed by atoms with Crippen LogP contribution in [0.5, 0.6) is 0 Å². The molecule has 0 atom stereocenters. The van der Waals surface area contributed by atoms with Crippen molar-refractivity contribution in [3.8, 4) is 6.07 Å². The molecule has 2 aromatic rings. The van der Waals surface area contributed by atoms with Crippen LogP contribution in [-0.2, 0) is 4.79 Å². The fourth-order valence-electron chi connectivity index (χ4n) is 4.36. The van der Waals surface area contributed by atoms with Gasteiger partial charge < -0.3 is 27.5 Å². The summed E-state index contributed by atoms with van der Waals surface area (Å²) in [5.41, 5.74) is 15.5. The van der Waals surface area contributed by atoms with Gasteiger partial charge in [-0.3, -0.25) is 9.69 Å². The Morgan fingerprint density at radius 3 is 2.47 bits per heavy atom. The molecule has 1 heterocycles. The highest BCUT2D eigenvalue weighted by Gasteiger charge is 2.22. The zero-order valence-electron chi connectivity index (χ0n) is 20.6. The zero-order valence-corrected chi connectivity index (χ0v) is 20.6. The number of primary amides is 1. The highest BCUT2D eigenvalue weighted by molar-refractivity contribution is 6.14. The normalized spacial score (nSPS) is 15.6. The Labute approximate surface area is 211 Å². The fraction of sp³-hybridized carbons (Fsp3) is 0.296. The van der Waals surface area contributed by atoms with E-state index in [0.717, 1.165) is 31.6 Å². The standard InChI is InChI=1S/C27H32FN7O/c1-33-24-6-5-17(13-20(24)16-30)25(26(34-2)18-3-4-19(15-29)23(28)14-18)22(27(32)36)9-12-35-10-7-21(31)8-11-35/h3-6,9,13-14,16,21,30,33-34H,7-8,10-12,31H2,1-2H3,(H2,32,36)/b22-9+,26-25-,30-16?. The van der Waals surface area contributed by atoms with Gasteiger partial charge in [-0.25, -0.2) is 4.39 Å². The second kappa shape index (κ2) is 12.1. The smallest absolute Gasteiger partial charge is 0.249 e. The van der Waals surface area contributed by atoms with Gasteiger partial charge in [-0.2, -0.15) is 5.26 Å². The van der Waals surface area contributed by atoms with Crippen molar-refractivity contribution in [2.75, 3.05) is 39.0 Å². The molecule has 0 aliphatic carbocycles. The van der Waals surface area contributed by atoms with Crippen LogP contribution in [0.15, 0.2) is 48.0 Å². The van der Waals surface area contributed by atoms with Crippen molar-refractivity contribution in [3.63, 3.8) is 0 Å². The lowest BCUT2D eigenvalue weighted by molar-refractivity contribution is -0.114. The van der Waals surface area contributed by atoms with E-state index in [-0.39, 0.29) is 17.2 Å². The number of nitrogens with one attached hydrogen (secondary N) is 3. The average Bonchev–Trinajstić information content (AvgIpc) is 2.88. The highest BCUT2D eigenvalue weighted by Crippen LogP contribution is 2.33. The van der Waals surface area contributed by atoms with Gasteiger partial charge in [-0.1, -0.05) is 18.2 Å². The predicted octanol–water partition coefficient (Wildman–Crippen LogP) is 2.66. The number of piperidine rings is 1. The van der Waals surface area contributed by atoms with Gasteiger partial charge in [0.1, 0.15) is 11.9 Å². The Morgan fingerprint density at radius 2 is 1.92 bits per heavy atom. The number of nitriles is 1. The number of likely N-dealkylation sites (tertiary alicyclic amines) is 1. The minimum absolute atomic E-state index is 0.0748. The Morgan fingerprint density at radius 1 is 1.22 bits per heavy atom. The van der Waals surface area contributed by atoms with E-state index in [9.17, 15) is 9.18 Å². The fourth-order valence-corrected chi connectivity index (χ4v) is 4.36. The van der Waals surface area contributed by atoms with Gasteiger partial charge in [0.25, 0.3) is 0 Å². The zero-order chi connectivity index (χ0) is 26.2. The molecule has 1 fully saturated rings. The van der Waals surface area contributed by atoms with Crippen LogP contribution < -0.4 is 22.1 Å². The molecule has 0 radical (unpaired) electrons. The maximum atomic E-state index is 14.6. The molecule has 1 amide bonds. The van der Waals surface area contributed by atoms with Crippen molar-refractivity contribution in [2.45, 2.75) is 18.9 Å². The first-order chi connectivity index (χ1) is 17.3. The number of amides is 1. The molecule has 3 rings (SSSR count). The number of anilines is 1. The Balaban J connectivity index is 2.23. The maximum absolute atomic E-state index is 14.6. The molecule has 0 unspecified atom stereocenters. The number of nitrogens with two attached hydrogens (primary N) is 2. The lowest BCUT2D eigenvalue weighted by atomic mass is 9.90. The van der Waals surface area contributed by atoms with Crippen molar-refractivity contribution in [1.29, 1.82) is 10.7 Å². The van der Waals surface area contributed by atoms with Crippen molar-refractivity contribution < 1.29 is 9.18 Å². The van der Waals surface area contributed by atoms with Gasteiger partial charge in [0.05, 0.1) is 5.56 Å². The van der Waals surface area contributed by atoms with Crippen LogP contribution in [0.2, 0.25) is 0 Å². The van der Waals surface area contributed by atoms with Crippen LogP contribution in [0.1, 0.15) is 35.1 Å². The third-order valence-corrected chi connectivity index (χ3v) is 6.36. The average molecular weight is 490 g/mol. The monoisotopic (exact) mass is 489 g/mol. The Bertz CT molecular complexity index is 1240. The summed E-state index contributed by atoms with van der Waals surface area (Å²) < 4.78 is 14.6. The van der Waals surface area contributed by atoms with Crippen LogP contribution >= 0.6 is 0 Å². The molecule has 1 saturated heterocycles. The predicted molar refractivity (Wildman–Crippen MR) is 142 cm³/mol.